The molecule has 0 N–H and O–H groups in total. The molecule has 2 rings (SSSR count). The molecule has 0 fully saturated rings. The fourth-order valence-electron chi connectivity index (χ4n) is 0.982. The lowest BCUT2D eigenvalue weighted by Gasteiger charge is -1.90. The van der Waals surface area contributed by atoms with E-state index in [-0.39, 0.29) is 0 Å². The van der Waals surface area contributed by atoms with Gasteiger partial charge in [-0.15, -0.1) is 11.3 Å². The molecule has 4 heteroatoms. The van der Waals surface area contributed by atoms with Gasteiger partial charge in [0, 0.05) is 17.8 Å². The number of hydrogen-bond donors (Lipinski definition) is 0. The Morgan fingerprint density at radius 1 is 1.31 bits per heavy atom. The van der Waals surface area contributed by atoms with Crippen molar-refractivity contribution in [2.45, 2.75) is 13.3 Å². The first-order chi connectivity index (χ1) is 6.40. The van der Waals surface area contributed by atoms with Gasteiger partial charge in [-0.2, -0.15) is 0 Å². The summed E-state index contributed by atoms with van der Waals surface area (Å²) in [5.41, 5.74) is 1.10. The van der Waals surface area contributed by atoms with Gasteiger partial charge in [0.1, 0.15) is 0 Å². The van der Waals surface area contributed by atoms with Crippen LogP contribution >= 0.6 is 11.3 Å². The second-order valence-corrected chi connectivity index (χ2v) is 3.43. The van der Waals surface area contributed by atoms with Crippen LogP contribution < -0.4 is 0 Å². The highest BCUT2D eigenvalue weighted by molar-refractivity contribution is 7.13. The molecular weight excluding hydrogens is 182 g/mol. The van der Waals surface area contributed by atoms with E-state index in [1.807, 2.05) is 5.38 Å². The molecule has 2 aromatic heterocycles. The van der Waals surface area contributed by atoms with Crippen LogP contribution in [-0.4, -0.2) is 15.0 Å². The Hall–Kier alpha value is -1.29. The summed E-state index contributed by atoms with van der Waals surface area (Å²) in [5.74, 6) is 0.715. The molecule has 2 heterocycles. The summed E-state index contributed by atoms with van der Waals surface area (Å²) in [6.45, 7) is 2.09. The molecule has 0 aliphatic heterocycles. The summed E-state index contributed by atoms with van der Waals surface area (Å²) >= 11 is 1.59. The minimum atomic E-state index is 0.715. The average molecular weight is 191 g/mol. The van der Waals surface area contributed by atoms with Crippen molar-refractivity contribution >= 4 is 11.3 Å². The first-order valence-electron chi connectivity index (χ1n) is 4.12. The van der Waals surface area contributed by atoms with Gasteiger partial charge in [0.15, 0.2) is 10.8 Å². The Labute approximate surface area is 80.5 Å². The summed E-state index contributed by atoms with van der Waals surface area (Å²) in [6.07, 6.45) is 4.42. The largest absolute Gasteiger partial charge is 0.238 e. The molecule has 13 heavy (non-hydrogen) atoms. The number of aryl methyl sites for hydroxylation is 1. The smallest absolute Gasteiger partial charge is 0.188 e. The van der Waals surface area contributed by atoms with Gasteiger partial charge < -0.3 is 0 Å². The molecule has 3 nitrogen and oxygen atoms in total. The van der Waals surface area contributed by atoms with Crippen LogP contribution in [0.2, 0.25) is 0 Å². The third kappa shape index (κ3) is 1.72. The summed E-state index contributed by atoms with van der Waals surface area (Å²) in [4.78, 5) is 12.7. The van der Waals surface area contributed by atoms with Crippen LogP contribution in [0.5, 0.6) is 0 Å². The summed E-state index contributed by atoms with van der Waals surface area (Å²) in [5, 5.41) is 2.95. The van der Waals surface area contributed by atoms with E-state index in [4.69, 9.17) is 0 Å². The van der Waals surface area contributed by atoms with Crippen molar-refractivity contribution in [3.8, 4) is 10.8 Å². The van der Waals surface area contributed by atoms with Crippen LogP contribution in [0.1, 0.15) is 12.6 Å². The Morgan fingerprint density at radius 3 is 2.69 bits per heavy atom. The molecule has 0 bridgehead atoms. The SMILES string of the molecule is CCc1csc(-c2ncccn2)n1. The lowest BCUT2D eigenvalue weighted by molar-refractivity contribution is 1.05. The van der Waals surface area contributed by atoms with Crippen LogP contribution in [0.15, 0.2) is 23.8 Å². The minimum Gasteiger partial charge on any atom is -0.238 e. The Balaban J connectivity index is 2.36. The van der Waals surface area contributed by atoms with Gasteiger partial charge in [0.25, 0.3) is 0 Å². The molecule has 0 aliphatic rings. The number of nitrogens with zero attached hydrogens (tertiary/aromatic N) is 3. The van der Waals surface area contributed by atoms with Crippen LogP contribution in [0.4, 0.5) is 0 Å². The monoisotopic (exact) mass is 191 g/mol. The fourth-order valence-corrected chi connectivity index (χ4v) is 1.83. The van der Waals surface area contributed by atoms with E-state index in [1.54, 1.807) is 29.8 Å². The van der Waals surface area contributed by atoms with Crippen molar-refractivity contribution in [3.05, 3.63) is 29.5 Å². The minimum absolute atomic E-state index is 0.715. The molecule has 0 aromatic carbocycles. The Kier molecular flexibility index (Phi) is 2.31. The maximum absolute atomic E-state index is 4.39. The van der Waals surface area contributed by atoms with Crippen LogP contribution in [-0.2, 0) is 6.42 Å². The lowest BCUT2D eigenvalue weighted by Crippen LogP contribution is -1.86. The quantitative estimate of drug-likeness (QED) is 0.730. The predicted molar refractivity (Wildman–Crippen MR) is 52.5 cm³/mol. The normalized spacial score (nSPS) is 10.2. The van der Waals surface area contributed by atoms with Gasteiger partial charge in [-0.3, -0.25) is 0 Å². The third-order valence-electron chi connectivity index (χ3n) is 1.67. The molecule has 0 atom stereocenters. The third-order valence-corrected chi connectivity index (χ3v) is 2.56. The first kappa shape index (κ1) is 8.31. The number of thiazole rings is 1. The number of aromatic nitrogens is 3. The standard InChI is InChI=1S/C9H9N3S/c1-2-7-6-13-9(12-7)8-10-4-3-5-11-8/h3-6H,2H2,1H3. The van der Waals surface area contributed by atoms with Crippen molar-refractivity contribution in [2.75, 3.05) is 0 Å². The lowest BCUT2D eigenvalue weighted by atomic mass is 10.4. The van der Waals surface area contributed by atoms with Crippen molar-refractivity contribution in [3.63, 3.8) is 0 Å². The van der Waals surface area contributed by atoms with Crippen molar-refractivity contribution in [1.82, 2.24) is 15.0 Å². The summed E-state index contributed by atoms with van der Waals surface area (Å²) in [7, 11) is 0. The van der Waals surface area contributed by atoms with E-state index in [0.717, 1.165) is 17.1 Å². The van der Waals surface area contributed by atoms with Crippen molar-refractivity contribution < 1.29 is 0 Å². The van der Waals surface area contributed by atoms with E-state index in [9.17, 15) is 0 Å². The zero-order chi connectivity index (χ0) is 9.10. The summed E-state index contributed by atoms with van der Waals surface area (Å²) in [6, 6.07) is 1.80. The second kappa shape index (κ2) is 3.62. The van der Waals surface area contributed by atoms with Gasteiger partial charge in [0.2, 0.25) is 0 Å². The zero-order valence-electron chi connectivity index (χ0n) is 7.27. The highest BCUT2D eigenvalue weighted by Gasteiger charge is 2.04. The zero-order valence-corrected chi connectivity index (χ0v) is 8.08. The molecule has 0 saturated carbocycles. The molecular formula is C9H9N3S. The van der Waals surface area contributed by atoms with Gasteiger partial charge >= 0.3 is 0 Å². The van der Waals surface area contributed by atoms with Crippen molar-refractivity contribution in [2.24, 2.45) is 0 Å². The van der Waals surface area contributed by atoms with Gasteiger partial charge in [-0.05, 0) is 12.5 Å². The molecule has 0 saturated heterocycles. The predicted octanol–water partition coefficient (Wildman–Crippen LogP) is 2.16. The van der Waals surface area contributed by atoms with Crippen LogP contribution in [0, 0.1) is 0 Å². The number of hydrogen-bond acceptors (Lipinski definition) is 4. The van der Waals surface area contributed by atoms with E-state index in [0.29, 0.717) is 5.82 Å². The summed E-state index contributed by atoms with van der Waals surface area (Å²) < 4.78 is 0. The molecule has 2 aromatic rings. The molecule has 0 spiro atoms. The molecule has 0 aliphatic carbocycles. The maximum atomic E-state index is 4.39. The fraction of sp³-hybridized carbons (Fsp3) is 0.222. The topological polar surface area (TPSA) is 38.7 Å². The first-order valence-corrected chi connectivity index (χ1v) is 5.00. The molecule has 0 radical (unpaired) electrons. The van der Waals surface area contributed by atoms with E-state index >= 15 is 0 Å². The Bertz CT molecular complexity index is 383. The highest BCUT2D eigenvalue weighted by Crippen LogP contribution is 2.19. The van der Waals surface area contributed by atoms with Gasteiger partial charge in [-0.1, -0.05) is 6.92 Å². The maximum Gasteiger partial charge on any atom is 0.188 e. The molecule has 0 amide bonds. The van der Waals surface area contributed by atoms with Gasteiger partial charge in [-0.25, -0.2) is 15.0 Å². The van der Waals surface area contributed by atoms with E-state index < -0.39 is 0 Å². The average Bonchev–Trinajstić information content (AvgIpc) is 2.67. The van der Waals surface area contributed by atoms with Crippen molar-refractivity contribution in [1.29, 1.82) is 0 Å². The molecule has 0 unspecified atom stereocenters. The van der Waals surface area contributed by atoms with E-state index in [2.05, 4.69) is 21.9 Å². The van der Waals surface area contributed by atoms with Crippen LogP contribution in [0.25, 0.3) is 10.8 Å². The second-order valence-electron chi connectivity index (χ2n) is 2.57. The number of rotatable bonds is 2. The van der Waals surface area contributed by atoms with Crippen LogP contribution in [0.3, 0.4) is 0 Å². The Morgan fingerprint density at radius 2 is 2.08 bits per heavy atom. The van der Waals surface area contributed by atoms with E-state index in [1.165, 1.54) is 0 Å². The molecule has 66 valence electrons. The van der Waals surface area contributed by atoms with Gasteiger partial charge in [0.05, 0.1) is 5.69 Å². The highest BCUT2D eigenvalue weighted by atomic mass is 32.1.